The molecule has 0 fully saturated rings. The first kappa shape index (κ1) is 27.2. The summed E-state index contributed by atoms with van der Waals surface area (Å²) in [5.74, 6) is 2.28. The van der Waals surface area contributed by atoms with E-state index in [0.29, 0.717) is 23.4 Å². The third kappa shape index (κ3) is 4.91. The molecule has 0 radical (unpaired) electrons. The van der Waals surface area contributed by atoms with Gasteiger partial charge in [0.25, 0.3) is 0 Å². The average Bonchev–Trinajstić information content (AvgIpc) is 3.55. The van der Waals surface area contributed by atoms with Gasteiger partial charge in [0, 0.05) is 38.9 Å². The van der Waals surface area contributed by atoms with Gasteiger partial charge in [0.2, 0.25) is 0 Å². The Bertz CT molecular complexity index is 2490. The summed E-state index contributed by atoms with van der Waals surface area (Å²) in [5, 5.41) is 4.38. The predicted octanol–water partition coefficient (Wildman–Crippen LogP) is 11.2. The van der Waals surface area contributed by atoms with Gasteiger partial charge in [0.1, 0.15) is 11.2 Å². The van der Waals surface area contributed by atoms with E-state index in [4.69, 9.17) is 19.4 Å². The monoisotopic (exact) mass is 603 g/mol. The van der Waals surface area contributed by atoms with Crippen LogP contribution in [0.3, 0.4) is 0 Å². The highest BCUT2D eigenvalue weighted by Crippen LogP contribution is 2.41. The van der Waals surface area contributed by atoms with E-state index >= 15 is 0 Å². The van der Waals surface area contributed by atoms with E-state index in [9.17, 15) is 0 Å². The van der Waals surface area contributed by atoms with Gasteiger partial charge in [-0.05, 0) is 52.6 Å². The Kier molecular flexibility index (Phi) is 6.57. The van der Waals surface area contributed by atoms with E-state index in [0.717, 1.165) is 61.6 Å². The Balaban J connectivity index is 1.24. The Hall–Kier alpha value is -6.13. The lowest BCUT2D eigenvalue weighted by molar-refractivity contribution is 0.670. The fraction of sp³-hybridized carbons (Fsp3) is 0.0465. The van der Waals surface area contributed by atoms with Crippen molar-refractivity contribution in [1.29, 1.82) is 0 Å². The maximum absolute atomic E-state index is 6.55. The van der Waals surface area contributed by atoms with Crippen molar-refractivity contribution in [1.82, 2.24) is 15.0 Å². The van der Waals surface area contributed by atoms with Gasteiger partial charge in [0.05, 0.1) is 0 Å². The van der Waals surface area contributed by atoms with Gasteiger partial charge >= 0.3 is 0 Å². The number of fused-ring (bicyclic) bond motifs is 4. The molecule has 1 atom stereocenters. The molecule has 4 nitrogen and oxygen atoms in total. The fourth-order valence-electron chi connectivity index (χ4n) is 6.66. The van der Waals surface area contributed by atoms with Gasteiger partial charge in [-0.1, -0.05) is 133 Å². The topological polar surface area (TPSA) is 51.8 Å². The van der Waals surface area contributed by atoms with E-state index in [-0.39, 0.29) is 0 Å². The average molecular weight is 604 g/mol. The maximum atomic E-state index is 6.55. The van der Waals surface area contributed by atoms with E-state index in [2.05, 4.69) is 103 Å². The summed E-state index contributed by atoms with van der Waals surface area (Å²) in [7, 11) is 0. The number of nitrogens with zero attached hydrogens (tertiary/aromatic N) is 3. The second kappa shape index (κ2) is 11.3. The van der Waals surface area contributed by atoms with Crippen molar-refractivity contribution in [2.24, 2.45) is 0 Å². The smallest absolute Gasteiger partial charge is 0.164 e. The molecule has 0 N–H and O–H groups in total. The summed E-state index contributed by atoms with van der Waals surface area (Å²) >= 11 is 0. The molecule has 0 saturated carbocycles. The van der Waals surface area contributed by atoms with E-state index in [1.807, 2.05) is 54.6 Å². The molecule has 1 aliphatic rings. The molecule has 4 heteroatoms. The third-order valence-electron chi connectivity index (χ3n) is 9.05. The lowest BCUT2D eigenvalue weighted by atomic mass is 9.91. The molecule has 0 spiro atoms. The van der Waals surface area contributed by atoms with Crippen LogP contribution < -0.4 is 0 Å². The minimum absolute atomic E-state index is 0.410. The van der Waals surface area contributed by atoms with Crippen LogP contribution in [-0.4, -0.2) is 15.0 Å². The molecule has 6 aromatic carbocycles. The summed E-state index contributed by atoms with van der Waals surface area (Å²) in [6.07, 6.45) is 9.80. The third-order valence-corrected chi connectivity index (χ3v) is 9.05. The van der Waals surface area contributed by atoms with E-state index in [1.54, 1.807) is 0 Å². The van der Waals surface area contributed by atoms with Crippen molar-refractivity contribution < 1.29 is 4.42 Å². The summed E-state index contributed by atoms with van der Waals surface area (Å²) in [5.41, 5.74) is 7.90. The molecule has 1 unspecified atom stereocenters. The maximum Gasteiger partial charge on any atom is 0.164 e. The second-order valence-electron chi connectivity index (χ2n) is 12.0. The number of aromatic nitrogens is 3. The van der Waals surface area contributed by atoms with Crippen LogP contribution in [0.5, 0.6) is 0 Å². The first-order chi connectivity index (χ1) is 23.3. The van der Waals surface area contributed by atoms with Crippen molar-refractivity contribution in [2.75, 3.05) is 0 Å². The first-order valence-corrected chi connectivity index (χ1v) is 16.0. The fourth-order valence-corrected chi connectivity index (χ4v) is 6.66. The highest BCUT2D eigenvalue weighted by atomic mass is 16.3. The molecule has 9 rings (SSSR count). The predicted molar refractivity (Wildman–Crippen MR) is 192 cm³/mol. The molecule has 0 aliphatic heterocycles. The summed E-state index contributed by atoms with van der Waals surface area (Å²) in [4.78, 5) is 15.3. The quantitative estimate of drug-likeness (QED) is 0.196. The zero-order valence-electron chi connectivity index (χ0n) is 25.5. The number of hydrogen-bond donors (Lipinski definition) is 0. The summed E-state index contributed by atoms with van der Waals surface area (Å²) in [6, 6.07) is 46.1. The minimum atomic E-state index is 0.410. The van der Waals surface area contributed by atoms with Crippen LogP contribution in [0, 0.1) is 0 Å². The minimum Gasteiger partial charge on any atom is -0.455 e. The van der Waals surface area contributed by atoms with Crippen LogP contribution in [-0.2, 0) is 0 Å². The van der Waals surface area contributed by atoms with Crippen molar-refractivity contribution in [3.8, 4) is 45.3 Å². The van der Waals surface area contributed by atoms with Crippen molar-refractivity contribution in [2.45, 2.75) is 12.3 Å². The molecule has 2 heterocycles. The van der Waals surface area contributed by atoms with Crippen molar-refractivity contribution in [3.63, 3.8) is 0 Å². The van der Waals surface area contributed by atoms with E-state index in [1.165, 1.54) is 10.9 Å². The molecular weight excluding hydrogens is 574 g/mol. The normalized spacial score (nSPS) is 14.3. The van der Waals surface area contributed by atoms with Gasteiger partial charge in [-0.25, -0.2) is 15.0 Å². The van der Waals surface area contributed by atoms with Crippen LogP contribution >= 0.6 is 0 Å². The SMILES string of the molecule is C1=CCC(c2ccc3cc(-c4nc(-c5ccccc5)nc(-c5ccc(-c6ccccc6)c6oc7ccccc7c56)n4)ccc3c2)C=C1. The largest absolute Gasteiger partial charge is 0.455 e. The molecule has 1 aliphatic carbocycles. The zero-order valence-corrected chi connectivity index (χ0v) is 25.5. The molecule has 222 valence electrons. The molecular formula is C43H29N3O. The van der Waals surface area contributed by atoms with Crippen molar-refractivity contribution in [3.05, 3.63) is 163 Å². The number of benzene rings is 6. The lowest BCUT2D eigenvalue weighted by Crippen LogP contribution is -2.01. The molecule has 2 aromatic heterocycles. The Morgan fingerprint density at radius 2 is 1.21 bits per heavy atom. The van der Waals surface area contributed by atoms with Gasteiger partial charge in [-0.3, -0.25) is 0 Å². The Morgan fingerprint density at radius 1 is 0.532 bits per heavy atom. The molecule has 0 bridgehead atoms. The van der Waals surface area contributed by atoms with Gasteiger partial charge < -0.3 is 4.42 Å². The van der Waals surface area contributed by atoms with Crippen LogP contribution in [0.25, 0.3) is 78.0 Å². The molecule has 0 saturated heterocycles. The first-order valence-electron chi connectivity index (χ1n) is 16.0. The zero-order chi connectivity index (χ0) is 31.2. The van der Waals surface area contributed by atoms with Gasteiger partial charge in [-0.2, -0.15) is 0 Å². The van der Waals surface area contributed by atoms with Crippen LogP contribution in [0.1, 0.15) is 17.9 Å². The Labute approximate surface area is 272 Å². The molecule has 47 heavy (non-hydrogen) atoms. The summed E-state index contributed by atoms with van der Waals surface area (Å²) < 4.78 is 6.55. The van der Waals surface area contributed by atoms with Crippen LogP contribution in [0.2, 0.25) is 0 Å². The van der Waals surface area contributed by atoms with Gasteiger partial charge in [0.15, 0.2) is 17.5 Å². The lowest BCUT2D eigenvalue weighted by Gasteiger charge is -2.14. The van der Waals surface area contributed by atoms with Crippen molar-refractivity contribution >= 4 is 32.7 Å². The number of hydrogen-bond acceptors (Lipinski definition) is 4. The Morgan fingerprint density at radius 3 is 2.02 bits per heavy atom. The molecule has 8 aromatic rings. The molecule has 0 amide bonds. The van der Waals surface area contributed by atoms with Gasteiger partial charge in [-0.15, -0.1) is 0 Å². The second-order valence-corrected chi connectivity index (χ2v) is 12.0. The highest BCUT2D eigenvalue weighted by Gasteiger charge is 2.21. The number of allylic oxidation sites excluding steroid dienone is 4. The number of para-hydroxylation sites is 1. The number of rotatable bonds is 5. The standard InChI is InChI=1S/C43H29N3O/c1-4-12-28(13-5-1)31-20-21-33-27-34(23-22-32(33)26-31)42-44-41(30-16-8-3-9-17-30)45-43(46-42)37-25-24-35(29-14-6-2-7-15-29)40-39(37)36-18-10-11-19-38(36)47-40/h1-12,14-28H,13H2. The number of furan rings is 1. The van der Waals surface area contributed by atoms with Crippen LogP contribution in [0.15, 0.2) is 162 Å². The van der Waals surface area contributed by atoms with Crippen LogP contribution in [0.4, 0.5) is 0 Å². The summed E-state index contributed by atoms with van der Waals surface area (Å²) in [6.45, 7) is 0. The van der Waals surface area contributed by atoms with E-state index < -0.39 is 0 Å². The highest BCUT2D eigenvalue weighted by molar-refractivity contribution is 6.15.